The zero-order valence-electron chi connectivity index (χ0n) is 23.7. The van der Waals surface area contributed by atoms with Gasteiger partial charge in [0.05, 0.1) is 24.7 Å². The largest absolute Gasteiger partial charge is 0.469 e. The van der Waals surface area contributed by atoms with Crippen LogP contribution in [0.5, 0.6) is 0 Å². The summed E-state index contributed by atoms with van der Waals surface area (Å²) in [5, 5.41) is 22.2. The van der Waals surface area contributed by atoms with Crippen molar-refractivity contribution in [3.8, 4) is 0 Å². The number of esters is 1. The summed E-state index contributed by atoms with van der Waals surface area (Å²) >= 11 is 0. The van der Waals surface area contributed by atoms with Crippen molar-refractivity contribution in [2.45, 2.75) is 106 Å². The maximum absolute atomic E-state index is 14.4. The molecule has 0 aliphatic heterocycles. The summed E-state index contributed by atoms with van der Waals surface area (Å²) in [5.74, 6) is 0.759. The Balaban J connectivity index is 1.66. The summed E-state index contributed by atoms with van der Waals surface area (Å²) in [6.45, 7) is 15.8. The molecule has 5 aliphatic carbocycles. The van der Waals surface area contributed by atoms with Crippen molar-refractivity contribution >= 4 is 11.8 Å². The molecule has 0 bridgehead atoms. The van der Waals surface area contributed by atoms with E-state index in [0.717, 1.165) is 19.3 Å². The van der Waals surface area contributed by atoms with E-state index in [4.69, 9.17) is 4.74 Å². The van der Waals surface area contributed by atoms with E-state index in [9.17, 15) is 19.8 Å². The Labute approximate surface area is 217 Å². The van der Waals surface area contributed by atoms with Crippen molar-refractivity contribution in [1.82, 2.24) is 0 Å². The Bertz CT molecular complexity index is 1000. The third kappa shape index (κ3) is 2.96. The van der Waals surface area contributed by atoms with Crippen molar-refractivity contribution in [2.24, 2.45) is 56.7 Å². The fourth-order valence-electron chi connectivity index (χ4n) is 11.0. The van der Waals surface area contributed by atoms with Gasteiger partial charge in [-0.2, -0.15) is 0 Å². The van der Waals surface area contributed by atoms with Gasteiger partial charge >= 0.3 is 5.97 Å². The van der Waals surface area contributed by atoms with Gasteiger partial charge in [-0.3, -0.25) is 9.59 Å². The second-order valence-electron chi connectivity index (χ2n) is 14.8. The molecule has 4 saturated carbocycles. The number of carbonyl (C=O) groups excluding carboxylic acids is 2. The Hall–Kier alpha value is -1.20. The number of hydrogen-bond donors (Lipinski definition) is 2. The Kier molecular flexibility index (Phi) is 5.80. The molecule has 0 aromatic rings. The number of hydrogen-bond acceptors (Lipinski definition) is 5. The van der Waals surface area contributed by atoms with Crippen LogP contribution in [-0.2, 0) is 14.3 Å². The average Bonchev–Trinajstić information content (AvgIpc) is 2.81. The first-order valence-corrected chi connectivity index (χ1v) is 14.3. The average molecular weight is 501 g/mol. The van der Waals surface area contributed by atoms with E-state index in [1.165, 1.54) is 31.9 Å². The van der Waals surface area contributed by atoms with Gasteiger partial charge in [0.2, 0.25) is 0 Å². The SMILES string of the molecule is COC(=O)[C@@]1(C)[C@H](O)[C@@H](O)C[C@@]2(C)[C@H]1CC[C@]1(C)[C@@H]2C(=O)C=C2[C@@H]3[C@@H](C)[C@H](C)CC[C@]3(C)CC[C@]21C. The molecule has 0 aromatic heterocycles. The smallest absolute Gasteiger partial charge is 0.314 e. The molecule has 0 amide bonds. The van der Waals surface area contributed by atoms with Crippen molar-refractivity contribution in [2.75, 3.05) is 7.11 Å². The van der Waals surface area contributed by atoms with Crippen LogP contribution in [0.3, 0.4) is 0 Å². The van der Waals surface area contributed by atoms with Gasteiger partial charge in [0.25, 0.3) is 0 Å². The van der Waals surface area contributed by atoms with Gasteiger partial charge in [0.1, 0.15) is 0 Å². The fourth-order valence-corrected chi connectivity index (χ4v) is 11.0. The van der Waals surface area contributed by atoms with E-state index in [1.807, 2.05) is 6.08 Å². The second kappa shape index (κ2) is 7.91. The van der Waals surface area contributed by atoms with Crippen molar-refractivity contribution in [1.29, 1.82) is 0 Å². The molecular formula is C31H48O5. The molecule has 4 fully saturated rings. The van der Waals surface area contributed by atoms with Crippen LogP contribution in [0, 0.1) is 56.7 Å². The molecule has 5 aliphatic rings. The minimum absolute atomic E-state index is 0.0995. The minimum atomic E-state index is -1.24. The number of fused-ring (bicyclic) bond motifs is 7. The van der Waals surface area contributed by atoms with Crippen LogP contribution < -0.4 is 0 Å². The van der Waals surface area contributed by atoms with Gasteiger partial charge in [-0.25, -0.2) is 0 Å². The number of methoxy groups -OCH3 is 1. The predicted octanol–water partition coefficient (Wildman–Crippen LogP) is 5.33. The van der Waals surface area contributed by atoms with E-state index in [-0.39, 0.29) is 33.9 Å². The third-order valence-electron chi connectivity index (χ3n) is 13.4. The van der Waals surface area contributed by atoms with E-state index < -0.39 is 29.0 Å². The molecule has 2 N–H and O–H groups in total. The molecule has 36 heavy (non-hydrogen) atoms. The highest BCUT2D eigenvalue weighted by Crippen LogP contribution is 2.75. The molecule has 202 valence electrons. The monoisotopic (exact) mass is 500 g/mol. The molecule has 12 atom stereocenters. The van der Waals surface area contributed by atoms with Gasteiger partial charge in [-0.05, 0) is 103 Å². The highest BCUT2D eigenvalue weighted by molar-refractivity contribution is 5.96. The van der Waals surface area contributed by atoms with Crippen LogP contribution in [0.4, 0.5) is 0 Å². The maximum atomic E-state index is 14.4. The Morgan fingerprint density at radius 2 is 1.67 bits per heavy atom. The molecule has 5 heteroatoms. The first kappa shape index (κ1) is 26.4. The lowest BCUT2D eigenvalue weighted by Gasteiger charge is -2.70. The van der Waals surface area contributed by atoms with Crippen molar-refractivity contribution in [3.63, 3.8) is 0 Å². The second-order valence-corrected chi connectivity index (χ2v) is 14.8. The Morgan fingerprint density at radius 1 is 1.00 bits per heavy atom. The van der Waals surface area contributed by atoms with Crippen molar-refractivity contribution in [3.05, 3.63) is 11.6 Å². The molecule has 5 nitrogen and oxygen atoms in total. The van der Waals surface area contributed by atoms with E-state index in [1.54, 1.807) is 6.92 Å². The van der Waals surface area contributed by atoms with Gasteiger partial charge in [-0.1, -0.05) is 47.1 Å². The number of ketones is 1. The van der Waals surface area contributed by atoms with Crippen LogP contribution in [-0.4, -0.2) is 41.3 Å². The third-order valence-corrected chi connectivity index (χ3v) is 13.4. The summed E-state index contributed by atoms with van der Waals surface area (Å²) in [5.41, 5.74) is -0.586. The van der Waals surface area contributed by atoms with Crippen molar-refractivity contribution < 1.29 is 24.5 Å². The van der Waals surface area contributed by atoms with Crippen LogP contribution in [0.2, 0.25) is 0 Å². The number of ether oxygens (including phenoxy) is 1. The summed E-state index contributed by atoms with van der Waals surface area (Å²) < 4.78 is 5.18. The standard InChI is InChI=1S/C31H48O5/c1-17-9-11-27(3)13-14-29(5)19(23(27)18(17)2)15-20(32)24-28(4)16-21(33)25(34)31(7,26(35)36-8)22(28)10-12-30(24,29)6/h15,17-18,21-25,33-34H,9-14,16H2,1-8H3/t17-,18+,21+,22-,23+,24-,25-,27-,28+,29-,30-,31-/m1/s1. The highest BCUT2D eigenvalue weighted by atomic mass is 16.5. The van der Waals surface area contributed by atoms with Gasteiger partial charge in [-0.15, -0.1) is 0 Å². The minimum Gasteiger partial charge on any atom is -0.469 e. The van der Waals surface area contributed by atoms with E-state index >= 15 is 0 Å². The topological polar surface area (TPSA) is 83.8 Å². The van der Waals surface area contributed by atoms with Gasteiger partial charge < -0.3 is 14.9 Å². The lowest BCUT2D eigenvalue weighted by atomic mass is 9.33. The number of carbonyl (C=O) groups is 2. The van der Waals surface area contributed by atoms with E-state index in [0.29, 0.717) is 24.2 Å². The maximum Gasteiger partial charge on any atom is 0.314 e. The van der Waals surface area contributed by atoms with Gasteiger partial charge in [0.15, 0.2) is 5.78 Å². The number of rotatable bonds is 1. The molecule has 0 saturated heterocycles. The fraction of sp³-hybridized carbons (Fsp3) is 0.871. The lowest BCUT2D eigenvalue weighted by Crippen LogP contribution is -2.70. The summed E-state index contributed by atoms with van der Waals surface area (Å²) in [4.78, 5) is 27.5. The number of aliphatic hydroxyl groups is 2. The quantitative estimate of drug-likeness (QED) is 0.476. The van der Waals surface area contributed by atoms with Crippen LogP contribution in [0.1, 0.15) is 93.4 Å². The molecule has 0 radical (unpaired) electrons. The molecule has 0 spiro atoms. The molecular weight excluding hydrogens is 452 g/mol. The lowest BCUT2D eigenvalue weighted by molar-refractivity contribution is -0.237. The summed E-state index contributed by atoms with van der Waals surface area (Å²) in [7, 11) is 1.35. The highest BCUT2D eigenvalue weighted by Gasteiger charge is 2.73. The Morgan fingerprint density at radius 3 is 2.31 bits per heavy atom. The summed E-state index contributed by atoms with van der Waals surface area (Å²) in [6, 6.07) is 0. The first-order chi connectivity index (χ1) is 16.6. The van der Waals surface area contributed by atoms with Gasteiger partial charge in [0, 0.05) is 5.92 Å². The number of aliphatic hydroxyl groups excluding tert-OH is 2. The van der Waals surface area contributed by atoms with Crippen LogP contribution in [0.15, 0.2) is 11.6 Å². The molecule has 5 rings (SSSR count). The van der Waals surface area contributed by atoms with Crippen LogP contribution in [0.25, 0.3) is 0 Å². The molecule has 0 heterocycles. The zero-order chi connectivity index (χ0) is 26.6. The first-order valence-electron chi connectivity index (χ1n) is 14.3. The zero-order valence-corrected chi connectivity index (χ0v) is 23.7. The van der Waals surface area contributed by atoms with Crippen LogP contribution >= 0.6 is 0 Å². The summed E-state index contributed by atoms with van der Waals surface area (Å²) in [6.07, 6.45) is 6.40. The molecule has 0 aromatic carbocycles. The molecule has 0 unspecified atom stereocenters. The van der Waals surface area contributed by atoms with E-state index in [2.05, 4.69) is 41.5 Å². The normalized spacial score (nSPS) is 56.4. The predicted molar refractivity (Wildman–Crippen MR) is 139 cm³/mol. The number of allylic oxidation sites excluding steroid dienone is 2.